The van der Waals surface area contributed by atoms with Crippen molar-refractivity contribution in [3.8, 4) is 0 Å². The van der Waals surface area contributed by atoms with Gasteiger partial charge < -0.3 is 10.2 Å². The van der Waals surface area contributed by atoms with Crippen molar-refractivity contribution < 1.29 is 17.6 Å². The molecule has 1 amide bonds. The van der Waals surface area contributed by atoms with Crippen LogP contribution in [-0.2, 0) is 14.6 Å². The smallest absolute Gasteiger partial charge is 0.235 e. The maximum atomic E-state index is 13.9. The lowest BCUT2D eigenvalue weighted by molar-refractivity contribution is -0.118. The number of piperazine rings is 1. The molecule has 170 valence electrons. The number of amides is 1. The van der Waals surface area contributed by atoms with Crippen molar-refractivity contribution in [3.63, 3.8) is 0 Å². The zero-order valence-corrected chi connectivity index (χ0v) is 19.4. The molecule has 10 heteroatoms. The zero-order chi connectivity index (χ0) is 22.7. The molecule has 0 bridgehead atoms. The normalized spacial score (nSPS) is 15.2. The van der Waals surface area contributed by atoms with Gasteiger partial charge in [0.05, 0.1) is 9.60 Å². The van der Waals surface area contributed by atoms with E-state index in [-0.39, 0.29) is 10.7 Å². The first-order valence-electron chi connectivity index (χ1n) is 10.4. The Morgan fingerprint density at radius 3 is 2.53 bits per heavy atom. The maximum absolute atomic E-state index is 13.9. The number of rotatable bonds is 7. The summed E-state index contributed by atoms with van der Waals surface area (Å²) in [6.45, 7) is 6.00. The highest BCUT2D eigenvalue weighted by atomic mass is 32.2. The molecule has 1 fully saturated rings. The number of thiazole rings is 1. The number of fused-ring (bicyclic) bond motifs is 1. The Balaban J connectivity index is 1.22. The summed E-state index contributed by atoms with van der Waals surface area (Å²) < 4.78 is 39.5. The van der Waals surface area contributed by atoms with Gasteiger partial charge in [-0.2, -0.15) is 0 Å². The number of carbonyl (C=O) groups is 1. The van der Waals surface area contributed by atoms with Crippen LogP contribution in [0, 0.1) is 12.7 Å². The molecule has 7 nitrogen and oxygen atoms in total. The van der Waals surface area contributed by atoms with Crippen molar-refractivity contribution in [2.24, 2.45) is 0 Å². The van der Waals surface area contributed by atoms with Gasteiger partial charge in [-0.15, -0.1) is 0 Å². The van der Waals surface area contributed by atoms with E-state index in [0.717, 1.165) is 41.6 Å². The van der Waals surface area contributed by atoms with Gasteiger partial charge in [0.2, 0.25) is 5.91 Å². The molecule has 0 saturated carbocycles. The molecule has 4 rings (SSSR count). The van der Waals surface area contributed by atoms with Crippen LogP contribution in [0.4, 0.5) is 9.52 Å². The van der Waals surface area contributed by atoms with Crippen LogP contribution in [0.3, 0.4) is 0 Å². The largest absolute Gasteiger partial charge is 0.354 e. The molecular weight excluding hydrogens is 451 g/mol. The Morgan fingerprint density at radius 1 is 1.12 bits per heavy atom. The highest BCUT2D eigenvalue weighted by molar-refractivity contribution is 7.92. The molecule has 32 heavy (non-hydrogen) atoms. The van der Waals surface area contributed by atoms with Crippen LogP contribution in [0.2, 0.25) is 0 Å². The molecule has 0 atom stereocenters. The fourth-order valence-electron chi connectivity index (χ4n) is 3.61. The predicted molar refractivity (Wildman–Crippen MR) is 124 cm³/mol. The van der Waals surface area contributed by atoms with Crippen LogP contribution in [0.5, 0.6) is 0 Å². The highest BCUT2D eigenvalue weighted by Gasteiger charge is 2.22. The number of benzene rings is 2. The lowest BCUT2D eigenvalue weighted by atomic mass is 10.2. The zero-order valence-electron chi connectivity index (χ0n) is 17.8. The standard InChI is InChI=1S/C22H25FN4O3S2/c1-16-5-7-17(8-6-16)32(29,30)15-20(28)24-9-10-26-11-13-27(14-12-26)22-25-21-18(23)3-2-4-19(21)31-22/h2-8H,9-15H2,1H3,(H,24,28). The van der Waals surface area contributed by atoms with Gasteiger partial charge in [-0.25, -0.2) is 17.8 Å². The number of aryl methyl sites for hydroxylation is 1. The number of nitrogens with zero attached hydrogens (tertiary/aromatic N) is 3. The third-order valence-corrected chi connectivity index (χ3v) is 8.17. The van der Waals surface area contributed by atoms with Crippen LogP contribution in [-0.4, -0.2) is 69.2 Å². The van der Waals surface area contributed by atoms with Crippen molar-refractivity contribution >= 4 is 42.4 Å². The number of anilines is 1. The monoisotopic (exact) mass is 476 g/mol. The number of carbonyl (C=O) groups excluding carboxylic acids is 1. The molecule has 1 N–H and O–H groups in total. The SMILES string of the molecule is Cc1ccc(S(=O)(=O)CC(=O)NCCN2CCN(c3nc4c(F)cccc4s3)CC2)cc1. The topological polar surface area (TPSA) is 82.6 Å². The van der Waals surface area contributed by atoms with E-state index in [2.05, 4.69) is 20.1 Å². The van der Waals surface area contributed by atoms with E-state index in [1.54, 1.807) is 18.2 Å². The van der Waals surface area contributed by atoms with Crippen LogP contribution in [0.25, 0.3) is 10.2 Å². The van der Waals surface area contributed by atoms with E-state index in [1.807, 2.05) is 13.0 Å². The fraction of sp³-hybridized carbons (Fsp3) is 0.364. The molecule has 0 unspecified atom stereocenters. The summed E-state index contributed by atoms with van der Waals surface area (Å²) in [5.41, 5.74) is 1.38. The van der Waals surface area contributed by atoms with Gasteiger partial charge in [-0.05, 0) is 31.2 Å². The number of para-hydroxylation sites is 1. The van der Waals surface area contributed by atoms with Crippen molar-refractivity contribution in [2.75, 3.05) is 49.9 Å². The highest BCUT2D eigenvalue weighted by Crippen LogP contribution is 2.30. The number of hydrogen-bond acceptors (Lipinski definition) is 7. The third kappa shape index (κ3) is 5.25. The summed E-state index contributed by atoms with van der Waals surface area (Å²) in [7, 11) is -3.65. The lowest BCUT2D eigenvalue weighted by Gasteiger charge is -2.34. The summed E-state index contributed by atoms with van der Waals surface area (Å²) in [5.74, 6) is -1.36. The Labute approximate surface area is 190 Å². The molecular formula is C22H25FN4O3S2. The quantitative estimate of drug-likeness (QED) is 0.564. The van der Waals surface area contributed by atoms with Gasteiger partial charge in [0.15, 0.2) is 15.0 Å². The predicted octanol–water partition coefficient (Wildman–Crippen LogP) is 2.46. The summed E-state index contributed by atoms with van der Waals surface area (Å²) in [5, 5.41) is 3.53. The van der Waals surface area contributed by atoms with E-state index in [4.69, 9.17) is 0 Å². The van der Waals surface area contributed by atoms with Crippen molar-refractivity contribution in [2.45, 2.75) is 11.8 Å². The summed E-state index contributed by atoms with van der Waals surface area (Å²) >= 11 is 1.49. The van der Waals surface area contributed by atoms with Gasteiger partial charge in [0.25, 0.3) is 0 Å². The summed E-state index contributed by atoms with van der Waals surface area (Å²) in [6, 6.07) is 11.5. The van der Waals surface area contributed by atoms with E-state index in [0.29, 0.717) is 18.6 Å². The van der Waals surface area contributed by atoms with Gasteiger partial charge >= 0.3 is 0 Å². The van der Waals surface area contributed by atoms with Crippen LogP contribution < -0.4 is 10.2 Å². The van der Waals surface area contributed by atoms with Crippen molar-refractivity contribution in [3.05, 3.63) is 53.8 Å². The van der Waals surface area contributed by atoms with Gasteiger partial charge in [0, 0.05) is 39.3 Å². The third-order valence-electron chi connectivity index (χ3n) is 5.45. The van der Waals surface area contributed by atoms with E-state index < -0.39 is 21.5 Å². The minimum absolute atomic E-state index is 0.157. The Kier molecular flexibility index (Phi) is 6.73. The second-order valence-electron chi connectivity index (χ2n) is 7.83. The second kappa shape index (κ2) is 9.51. The molecule has 1 aliphatic rings. The number of hydrogen-bond donors (Lipinski definition) is 1. The first kappa shape index (κ1) is 22.6. The molecule has 0 spiro atoms. The van der Waals surface area contributed by atoms with E-state index in [1.165, 1.54) is 29.5 Å². The van der Waals surface area contributed by atoms with Crippen LogP contribution >= 0.6 is 11.3 Å². The first-order valence-corrected chi connectivity index (χ1v) is 12.9. The van der Waals surface area contributed by atoms with E-state index in [9.17, 15) is 17.6 Å². The molecule has 1 aliphatic heterocycles. The number of sulfone groups is 1. The second-order valence-corrected chi connectivity index (χ2v) is 10.8. The summed E-state index contributed by atoms with van der Waals surface area (Å²) in [6.07, 6.45) is 0. The Morgan fingerprint density at radius 2 is 1.84 bits per heavy atom. The fourth-order valence-corrected chi connectivity index (χ4v) is 5.80. The molecule has 2 heterocycles. The van der Waals surface area contributed by atoms with E-state index >= 15 is 0 Å². The van der Waals surface area contributed by atoms with Gasteiger partial charge in [-0.3, -0.25) is 9.69 Å². The molecule has 2 aromatic carbocycles. The van der Waals surface area contributed by atoms with Crippen molar-refractivity contribution in [1.29, 1.82) is 0 Å². The minimum Gasteiger partial charge on any atom is -0.354 e. The van der Waals surface area contributed by atoms with Crippen molar-refractivity contribution in [1.82, 2.24) is 15.2 Å². The minimum atomic E-state index is -3.65. The molecule has 1 saturated heterocycles. The van der Waals surface area contributed by atoms with Gasteiger partial charge in [0.1, 0.15) is 17.1 Å². The molecule has 0 aliphatic carbocycles. The van der Waals surface area contributed by atoms with Crippen LogP contribution in [0.15, 0.2) is 47.4 Å². The summed E-state index contributed by atoms with van der Waals surface area (Å²) in [4.78, 5) is 21.1. The number of nitrogens with one attached hydrogen (secondary N) is 1. The molecule has 0 radical (unpaired) electrons. The molecule has 1 aromatic heterocycles. The maximum Gasteiger partial charge on any atom is 0.235 e. The Bertz CT molecular complexity index is 1200. The Hall–Kier alpha value is -2.56. The average Bonchev–Trinajstić information content (AvgIpc) is 3.20. The molecule has 3 aromatic rings. The average molecular weight is 477 g/mol. The number of halogens is 1. The van der Waals surface area contributed by atoms with Crippen LogP contribution in [0.1, 0.15) is 5.56 Å². The van der Waals surface area contributed by atoms with Gasteiger partial charge in [-0.1, -0.05) is 35.1 Å². The number of aromatic nitrogens is 1. The lowest BCUT2D eigenvalue weighted by Crippen LogP contribution is -2.48. The first-order chi connectivity index (χ1) is 15.3.